The maximum absolute atomic E-state index is 12.2. The second-order valence-electron chi connectivity index (χ2n) is 5.43. The highest BCUT2D eigenvalue weighted by atomic mass is 32.1. The molecule has 21 heavy (non-hydrogen) atoms. The van der Waals surface area contributed by atoms with Gasteiger partial charge in [-0.05, 0) is 30.9 Å². The van der Waals surface area contributed by atoms with Crippen molar-refractivity contribution in [3.8, 4) is 0 Å². The highest BCUT2D eigenvalue weighted by molar-refractivity contribution is 7.80. The summed E-state index contributed by atoms with van der Waals surface area (Å²) >= 11 is 4.20. The predicted octanol–water partition coefficient (Wildman–Crippen LogP) is 3.38. The van der Waals surface area contributed by atoms with Gasteiger partial charge in [0.25, 0.3) is 5.91 Å². The van der Waals surface area contributed by atoms with E-state index in [1.807, 2.05) is 0 Å². The minimum Gasteiger partial charge on any atom is -0.335 e. The number of carbonyl (C=O) groups is 2. The summed E-state index contributed by atoms with van der Waals surface area (Å²) in [6, 6.07) is 6.83. The fourth-order valence-electron chi connectivity index (χ4n) is 2.92. The average molecular weight is 307 g/mol. The van der Waals surface area contributed by atoms with E-state index in [4.69, 9.17) is 4.84 Å². The first-order valence-corrected chi connectivity index (χ1v) is 7.87. The van der Waals surface area contributed by atoms with Gasteiger partial charge in [0.1, 0.15) is 0 Å². The second-order valence-corrected chi connectivity index (χ2v) is 5.91. The van der Waals surface area contributed by atoms with E-state index >= 15 is 0 Å². The molecule has 0 aromatic heterocycles. The number of rotatable bonds is 3. The van der Waals surface area contributed by atoms with Crippen molar-refractivity contribution in [2.24, 2.45) is 11.8 Å². The van der Waals surface area contributed by atoms with Gasteiger partial charge in [-0.3, -0.25) is 4.79 Å². The maximum Gasteiger partial charge on any atom is 0.364 e. The van der Waals surface area contributed by atoms with Crippen molar-refractivity contribution in [3.63, 3.8) is 0 Å². The zero-order valence-corrected chi connectivity index (χ0v) is 13.1. The van der Waals surface area contributed by atoms with Crippen LogP contribution in [-0.4, -0.2) is 11.9 Å². The first-order chi connectivity index (χ1) is 10.1. The van der Waals surface area contributed by atoms with Crippen molar-refractivity contribution in [1.82, 2.24) is 5.48 Å². The van der Waals surface area contributed by atoms with Gasteiger partial charge >= 0.3 is 5.97 Å². The van der Waals surface area contributed by atoms with E-state index in [-0.39, 0.29) is 11.8 Å². The smallest absolute Gasteiger partial charge is 0.335 e. The van der Waals surface area contributed by atoms with Gasteiger partial charge in [0.2, 0.25) is 0 Å². The van der Waals surface area contributed by atoms with Gasteiger partial charge < -0.3 is 4.84 Å². The van der Waals surface area contributed by atoms with Gasteiger partial charge in [-0.15, -0.1) is 12.6 Å². The van der Waals surface area contributed by atoms with Gasteiger partial charge in [0.05, 0.1) is 5.56 Å². The Hall–Kier alpha value is -1.49. The van der Waals surface area contributed by atoms with Crippen LogP contribution in [0.5, 0.6) is 0 Å². The van der Waals surface area contributed by atoms with E-state index in [1.54, 1.807) is 24.3 Å². The number of nitrogens with one attached hydrogen (secondary N) is 1. The monoisotopic (exact) mass is 307 g/mol. The average Bonchev–Trinajstić information content (AvgIpc) is 2.52. The third kappa shape index (κ3) is 4.00. The van der Waals surface area contributed by atoms with Crippen molar-refractivity contribution in [2.75, 3.05) is 0 Å². The molecule has 0 aliphatic heterocycles. The van der Waals surface area contributed by atoms with E-state index in [0.717, 1.165) is 25.7 Å². The summed E-state index contributed by atoms with van der Waals surface area (Å²) in [5, 5.41) is 0. The minimum atomic E-state index is -0.585. The Balaban J connectivity index is 1.91. The number of carbonyl (C=O) groups excluding carboxylic acids is 2. The van der Waals surface area contributed by atoms with Gasteiger partial charge in [-0.25, -0.2) is 4.79 Å². The first-order valence-electron chi connectivity index (χ1n) is 7.42. The fraction of sp³-hybridized carbons (Fsp3) is 0.500. The molecule has 1 aliphatic carbocycles. The van der Waals surface area contributed by atoms with Crippen molar-refractivity contribution in [3.05, 3.63) is 29.8 Å². The van der Waals surface area contributed by atoms with Crippen LogP contribution in [0.25, 0.3) is 0 Å². The van der Waals surface area contributed by atoms with Crippen LogP contribution in [0.2, 0.25) is 0 Å². The topological polar surface area (TPSA) is 55.4 Å². The molecule has 0 bridgehead atoms. The molecule has 1 amide bonds. The van der Waals surface area contributed by atoms with Gasteiger partial charge in [0, 0.05) is 10.8 Å². The first kappa shape index (κ1) is 15.9. The van der Waals surface area contributed by atoms with E-state index < -0.39 is 5.97 Å². The van der Waals surface area contributed by atoms with Gasteiger partial charge in [-0.1, -0.05) is 38.3 Å². The molecule has 1 aromatic carbocycles. The van der Waals surface area contributed by atoms with E-state index in [9.17, 15) is 9.59 Å². The Morgan fingerprint density at radius 2 is 2.00 bits per heavy atom. The molecular formula is C16H21NO3S. The summed E-state index contributed by atoms with van der Waals surface area (Å²) in [4.78, 5) is 29.6. The quantitative estimate of drug-likeness (QED) is 0.665. The molecule has 2 unspecified atom stereocenters. The van der Waals surface area contributed by atoms with Crippen LogP contribution in [0, 0.1) is 11.8 Å². The maximum atomic E-state index is 12.2. The molecule has 0 saturated heterocycles. The van der Waals surface area contributed by atoms with Crippen LogP contribution in [0.4, 0.5) is 0 Å². The van der Waals surface area contributed by atoms with Crippen LogP contribution >= 0.6 is 12.6 Å². The molecule has 0 heterocycles. The van der Waals surface area contributed by atoms with Crippen LogP contribution < -0.4 is 5.48 Å². The number of thiol groups is 1. The molecule has 1 N–H and O–H groups in total. The summed E-state index contributed by atoms with van der Waals surface area (Å²) in [7, 11) is 0. The Morgan fingerprint density at radius 1 is 1.29 bits per heavy atom. The van der Waals surface area contributed by atoms with Crippen molar-refractivity contribution in [2.45, 2.75) is 43.9 Å². The highest BCUT2D eigenvalue weighted by Gasteiger charge is 2.30. The van der Waals surface area contributed by atoms with Crippen molar-refractivity contribution in [1.29, 1.82) is 0 Å². The number of benzene rings is 1. The SMILES string of the molecule is CCC1CCCCC1C(=O)NOC(=O)c1ccccc1S. The molecule has 2 atom stereocenters. The molecule has 1 fully saturated rings. The summed E-state index contributed by atoms with van der Waals surface area (Å²) in [5.74, 6) is -0.443. The van der Waals surface area contributed by atoms with Crippen LogP contribution in [0.15, 0.2) is 29.2 Å². The molecule has 4 nitrogen and oxygen atoms in total. The van der Waals surface area contributed by atoms with Crippen LogP contribution in [-0.2, 0) is 9.63 Å². The summed E-state index contributed by atoms with van der Waals surface area (Å²) in [5.41, 5.74) is 2.66. The van der Waals surface area contributed by atoms with Gasteiger partial charge in [-0.2, -0.15) is 5.48 Å². The highest BCUT2D eigenvalue weighted by Crippen LogP contribution is 2.32. The van der Waals surface area contributed by atoms with Crippen molar-refractivity contribution >= 4 is 24.5 Å². The summed E-state index contributed by atoms with van der Waals surface area (Å²) in [6.45, 7) is 2.10. The molecule has 1 saturated carbocycles. The van der Waals surface area contributed by atoms with Crippen molar-refractivity contribution < 1.29 is 14.4 Å². The largest absolute Gasteiger partial charge is 0.364 e. The van der Waals surface area contributed by atoms with Gasteiger partial charge in [0.15, 0.2) is 0 Å². The van der Waals surface area contributed by atoms with E-state index in [0.29, 0.717) is 16.4 Å². The lowest BCUT2D eigenvalue weighted by atomic mass is 9.77. The van der Waals surface area contributed by atoms with E-state index in [1.165, 1.54) is 6.42 Å². The minimum absolute atomic E-state index is 0.0530. The number of hydrogen-bond donors (Lipinski definition) is 2. The van der Waals surface area contributed by atoms with Crippen LogP contribution in [0.1, 0.15) is 49.4 Å². The Kier molecular flexibility index (Phi) is 5.67. The summed E-state index contributed by atoms with van der Waals surface area (Å²) in [6.07, 6.45) is 5.15. The second kappa shape index (κ2) is 7.50. The molecule has 1 aromatic rings. The van der Waals surface area contributed by atoms with E-state index in [2.05, 4.69) is 25.0 Å². The third-order valence-electron chi connectivity index (χ3n) is 4.14. The number of amides is 1. The fourth-order valence-corrected chi connectivity index (χ4v) is 3.17. The zero-order chi connectivity index (χ0) is 15.2. The lowest BCUT2D eigenvalue weighted by Gasteiger charge is -2.29. The standard InChI is InChI=1S/C16H21NO3S/c1-2-11-7-3-4-8-12(11)15(18)17-20-16(19)13-9-5-6-10-14(13)21/h5-6,9-12,21H,2-4,7-8H2,1H3,(H,17,18). The molecule has 2 rings (SSSR count). The number of hydroxylamine groups is 1. The summed E-state index contributed by atoms with van der Waals surface area (Å²) < 4.78 is 0. The Labute approximate surface area is 130 Å². The lowest BCUT2D eigenvalue weighted by molar-refractivity contribution is -0.137. The zero-order valence-electron chi connectivity index (χ0n) is 12.2. The molecule has 114 valence electrons. The van der Waals surface area contributed by atoms with Crippen LogP contribution in [0.3, 0.4) is 0 Å². The number of hydrogen-bond acceptors (Lipinski definition) is 4. The predicted molar refractivity (Wildman–Crippen MR) is 83.0 cm³/mol. The molecule has 0 spiro atoms. The normalized spacial score (nSPS) is 21.6. The molecule has 1 aliphatic rings. The molecular weight excluding hydrogens is 286 g/mol. The lowest BCUT2D eigenvalue weighted by Crippen LogP contribution is -2.37. The molecule has 0 radical (unpaired) electrons. The Morgan fingerprint density at radius 3 is 2.71 bits per heavy atom. The Bertz CT molecular complexity index is 518. The molecule has 5 heteroatoms. The third-order valence-corrected chi connectivity index (χ3v) is 4.53.